The third kappa shape index (κ3) is 2.08. The first-order valence-electron chi connectivity index (χ1n) is 4.86. The van der Waals surface area contributed by atoms with Crippen molar-refractivity contribution in [3.63, 3.8) is 0 Å². The Morgan fingerprint density at radius 1 is 1.00 bits per heavy atom. The Balaban J connectivity index is 2.38. The van der Waals surface area contributed by atoms with Crippen molar-refractivity contribution in [1.29, 1.82) is 0 Å². The maximum atomic E-state index is 13.5. The molecule has 0 aromatic heterocycles. The van der Waals surface area contributed by atoms with Crippen molar-refractivity contribution in [2.45, 2.75) is 0 Å². The summed E-state index contributed by atoms with van der Waals surface area (Å²) in [7, 11) is 0. The monoisotopic (exact) mass is 215 g/mol. The van der Waals surface area contributed by atoms with Gasteiger partial charge in [-0.3, -0.25) is 4.79 Å². The van der Waals surface area contributed by atoms with Gasteiger partial charge in [-0.1, -0.05) is 36.4 Å². The van der Waals surface area contributed by atoms with Crippen LogP contribution in [-0.4, -0.2) is 6.41 Å². The number of carbonyl (C=O) groups excluding carboxylic acids is 1. The van der Waals surface area contributed by atoms with Crippen LogP contribution in [0.15, 0.2) is 48.5 Å². The number of halogens is 1. The molecular formula is C13H10FNO. The summed E-state index contributed by atoms with van der Waals surface area (Å²) in [6, 6.07) is 14.2. The van der Waals surface area contributed by atoms with Gasteiger partial charge in [0.2, 0.25) is 6.41 Å². The van der Waals surface area contributed by atoms with Crippen LogP contribution in [0.1, 0.15) is 0 Å². The summed E-state index contributed by atoms with van der Waals surface area (Å²) in [4.78, 5) is 10.2. The first-order valence-corrected chi connectivity index (χ1v) is 4.86. The van der Waals surface area contributed by atoms with Crippen LogP contribution < -0.4 is 5.32 Å². The van der Waals surface area contributed by atoms with E-state index in [1.165, 1.54) is 6.07 Å². The fraction of sp³-hybridized carbons (Fsp3) is 0. The number of nitrogens with one attached hydrogen (secondary N) is 1. The van der Waals surface area contributed by atoms with Gasteiger partial charge in [0, 0.05) is 0 Å². The summed E-state index contributed by atoms with van der Waals surface area (Å²) < 4.78 is 13.5. The minimum atomic E-state index is -0.437. The topological polar surface area (TPSA) is 29.1 Å². The van der Waals surface area contributed by atoms with Crippen molar-refractivity contribution in [2.24, 2.45) is 0 Å². The third-order valence-electron chi connectivity index (χ3n) is 2.29. The summed E-state index contributed by atoms with van der Waals surface area (Å²) in [6.45, 7) is 0. The van der Waals surface area contributed by atoms with Crippen LogP contribution in [0.5, 0.6) is 0 Å². The van der Waals surface area contributed by atoms with Gasteiger partial charge in [0.1, 0.15) is 5.82 Å². The molecule has 0 unspecified atom stereocenters. The smallest absolute Gasteiger partial charge is 0.211 e. The maximum absolute atomic E-state index is 13.5. The predicted octanol–water partition coefficient (Wildman–Crippen LogP) is 3.06. The summed E-state index contributed by atoms with van der Waals surface area (Å²) in [5.74, 6) is -0.437. The van der Waals surface area contributed by atoms with Crippen LogP contribution in [-0.2, 0) is 4.79 Å². The lowest BCUT2D eigenvalue weighted by Crippen LogP contribution is -1.96. The Labute approximate surface area is 92.7 Å². The zero-order valence-electron chi connectivity index (χ0n) is 8.48. The van der Waals surface area contributed by atoms with Gasteiger partial charge in [0.25, 0.3) is 0 Å². The number of anilines is 1. The van der Waals surface area contributed by atoms with E-state index in [0.29, 0.717) is 6.41 Å². The molecule has 1 N–H and O–H groups in total. The summed E-state index contributed by atoms with van der Waals surface area (Å²) in [6.07, 6.45) is 0.459. The Kier molecular flexibility index (Phi) is 2.96. The van der Waals surface area contributed by atoms with Gasteiger partial charge >= 0.3 is 0 Å². The molecule has 2 aromatic rings. The zero-order valence-corrected chi connectivity index (χ0v) is 8.48. The third-order valence-corrected chi connectivity index (χ3v) is 2.29. The lowest BCUT2D eigenvalue weighted by Gasteiger charge is -2.05. The fourth-order valence-electron chi connectivity index (χ4n) is 1.51. The summed E-state index contributed by atoms with van der Waals surface area (Å²) in [5.41, 5.74) is 1.92. The lowest BCUT2D eigenvalue weighted by atomic mass is 10.1. The molecule has 0 aliphatic heterocycles. The van der Waals surface area contributed by atoms with Crippen LogP contribution in [0.3, 0.4) is 0 Å². The van der Waals surface area contributed by atoms with Gasteiger partial charge in [0.05, 0.1) is 5.69 Å². The van der Waals surface area contributed by atoms with E-state index in [9.17, 15) is 9.18 Å². The van der Waals surface area contributed by atoms with E-state index in [1.807, 2.05) is 30.3 Å². The molecule has 0 heterocycles. The van der Waals surface area contributed by atoms with Gasteiger partial charge < -0.3 is 5.32 Å². The van der Waals surface area contributed by atoms with Crippen LogP contribution in [0.4, 0.5) is 10.1 Å². The van der Waals surface area contributed by atoms with E-state index in [-0.39, 0.29) is 5.69 Å². The number of hydrogen-bond acceptors (Lipinski definition) is 1. The van der Waals surface area contributed by atoms with Crippen molar-refractivity contribution >= 4 is 12.1 Å². The van der Waals surface area contributed by atoms with E-state index in [0.717, 1.165) is 11.1 Å². The maximum Gasteiger partial charge on any atom is 0.211 e. The number of amides is 1. The molecule has 16 heavy (non-hydrogen) atoms. The number of benzene rings is 2. The Hall–Kier alpha value is -2.16. The van der Waals surface area contributed by atoms with Crippen LogP contribution in [0.25, 0.3) is 11.1 Å². The van der Waals surface area contributed by atoms with Gasteiger partial charge in [0.15, 0.2) is 0 Å². The van der Waals surface area contributed by atoms with Crippen molar-refractivity contribution in [3.05, 3.63) is 54.3 Å². The second kappa shape index (κ2) is 4.57. The van der Waals surface area contributed by atoms with E-state index < -0.39 is 5.82 Å². The van der Waals surface area contributed by atoms with Crippen molar-refractivity contribution < 1.29 is 9.18 Å². The standard InChI is InChI=1S/C13H10FNO/c14-12-8-11(6-7-13(12)15-9-16)10-4-2-1-3-5-10/h1-9H,(H,15,16). The summed E-state index contributed by atoms with van der Waals surface area (Å²) in [5, 5.41) is 2.30. The molecular weight excluding hydrogens is 205 g/mol. The molecule has 0 atom stereocenters. The molecule has 2 rings (SSSR count). The molecule has 0 saturated heterocycles. The van der Waals surface area contributed by atoms with E-state index in [2.05, 4.69) is 5.32 Å². The second-order valence-electron chi connectivity index (χ2n) is 3.32. The quantitative estimate of drug-likeness (QED) is 0.783. The molecule has 3 heteroatoms. The molecule has 1 amide bonds. The minimum Gasteiger partial charge on any atom is -0.326 e. The Bertz CT molecular complexity index is 497. The normalized spacial score (nSPS) is 9.81. The molecule has 0 bridgehead atoms. The number of hydrogen-bond donors (Lipinski definition) is 1. The predicted molar refractivity (Wildman–Crippen MR) is 61.5 cm³/mol. The first-order chi connectivity index (χ1) is 7.81. The van der Waals surface area contributed by atoms with Crippen molar-refractivity contribution in [2.75, 3.05) is 5.32 Å². The van der Waals surface area contributed by atoms with Crippen LogP contribution in [0, 0.1) is 5.82 Å². The Morgan fingerprint density at radius 2 is 1.75 bits per heavy atom. The first kappa shape index (κ1) is 10.4. The molecule has 0 aliphatic rings. The molecule has 0 radical (unpaired) electrons. The number of carbonyl (C=O) groups is 1. The van der Waals surface area contributed by atoms with Gasteiger partial charge in [-0.2, -0.15) is 0 Å². The summed E-state index contributed by atoms with van der Waals surface area (Å²) >= 11 is 0. The minimum absolute atomic E-state index is 0.190. The lowest BCUT2D eigenvalue weighted by molar-refractivity contribution is -0.105. The van der Waals surface area contributed by atoms with Gasteiger partial charge in [-0.15, -0.1) is 0 Å². The SMILES string of the molecule is O=CNc1ccc(-c2ccccc2)cc1F. The van der Waals surface area contributed by atoms with E-state index >= 15 is 0 Å². The van der Waals surface area contributed by atoms with E-state index in [4.69, 9.17) is 0 Å². The largest absolute Gasteiger partial charge is 0.326 e. The molecule has 0 fully saturated rings. The molecule has 0 saturated carbocycles. The molecule has 0 spiro atoms. The highest BCUT2D eigenvalue weighted by atomic mass is 19.1. The van der Waals surface area contributed by atoms with Crippen molar-refractivity contribution in [3.8, 4) is 11.1 Å². The van der Waals surface area contributed by atoms with Gasteiger partial charge in [-0.05, 0) is 23.3 Å². The molecule has 2 nitrogen and oxygen atoms in total. The zero-order chi connectivity index (χ0) is 11.4. The number of rotatable bonds is 3. The molecule has 2 aromatic carbocycles. The average Bonchev–Trinajstić information content (AvgIpc) is 2.33. The second-order valence-corrected chi connectivity index (χ2v) is 3.32. The highest BCUT2D eigenvalue weighted by Crippen LogP contribution is 2.23. The van der Waals surface area contributed by atoms with Gasteiger partial charge in [-0.25, -0.2) is 4.39 Å². The molecule has 80 valence electrons. The fourth-order valence-corrected chi connectivity index (χ4v) is 1.51. The highest BCUT2D eigenvalue weighted by Gasteiger charge is 2.03. The Morgan fingerprint density at radius 3 is 2.38 bits per heavy atom. The molecule has 0 aliphatic carbocycles. The highest BCUT2D eigenvalue weighted by molar-refractivity contribution is 5.74. The van der Waals surface area contributed by atoms with Crippen LogP contribution in [0.2, 0.25) is 0 Å². The van der Waals surface area contributed by atoms with Crippen molar-refractivity contribution in [1.82, 2.24) is 0 Å². The van der Waals surface area contributed by atoms with E-state index in [1.54, 1.807) is 12.1 Å². The average molecular weight is 215 g/mol. The van der Waals surface area contributed by atoms with Crippen LogP contribution >= 0.6 is 0 Å².